The second kappa shape index (κ2) is 7.11. The second-order valence-corrected chi connectivity index (χ2v) is 7.16. The summed E-state index contributed by atoms with van der Waals surface area (Å²) in [6.45, 7) is 3.83. The number of fused-ring (bicyclic) bond motifs is 1. The van der Waals surface area contributed by atoms with Gasteiger partial charge in [0.1, 0.15) is 23.7 Å². The number of rotatable bonds is 4. The number of hydrogen-bond acceptors (Lipinski definition) is 6. The fourth-order valence-corrected chi connectivity index (χ4v) is 3.77. The summed E-state index contributed by atoms with van der Waals surface area (Å²) < 4.78 is 7.57. The minimum absolute atomic E-state index is 0.680. The molecule has 7 nitrogen and oxygen atoms in total. The highest BCUT2D eigenvalue weighted by molar-refractivity contribution is 5.98. The summed E-state index contributed by atoms with van der Waals surface area (Å²) in [6.07, 6.45) is 3.21. The van der Waals surface area contributed by atoms with Gasteiger partial charge in [0.15, 0.2) is 0 Å². The highest BCUT2D eigenvalue weighted by atomic mass is 16.5. The van der Waals surface area contributed by atoms with Gasteiger partial charge in [0.2, 0.25) is 0 Å². The third-order valence-electron chi connectivity index (χ3n) is 5.23. The van der Waals surface area contributed by atoms with E-state index in [-0.39, 0.29) is 0 Å². The van der Waals surface area contributed by atoms with Crippen molar-refractivity contribution in [2.45, 2.75) is 13.8 Å². The Balaban J connectivity index is 1.76. The van der Waals surface area contributed by atoms with Gasteiger partial charge in [-0.2, -0.15) is 0 Å². The molecule has 1 aromatic carbocycles. The lowest BCUT2D eigenvalue weighted by molar-refractivity contribution is 0.393. The van der Waals surface area contributed by atoms with Gasteiger partial charge in [0.25, 0.3) is 0 Å². The molecule has 7 heteroatoms. The van der Waals surface area contributed by atoms with Crippen molar-refractivity contribution >= 4 is 22.5 Å². The first kappa shape index (κ1) is 18.1. The van der Waals surface area contributed by atoms with E-state index in [1.165, 1.54) is 6.33 Å². The average molecular weight is 396 g/mol. The van der Waals surface area contributed by atoms with Crippen molar-refractivity contribution in [1.82, 2.24) is 24.7 Å². The van der Waals surface area contributed by atoms with Crippen molar-refractivity contribution in [2.75, 3.05) is 5.32 Å². The topological polar surface area (TPSA) is 81.7 Å². The number of hydrogen-bond donors (Lipinski definition) is 1. The van der Waals surface area contributed by atoms with Gasteiger partial charge in [-0.1, -0.05) is 35.5 Å². The molecule has 4 aromatic heterocycles. The summed E-state index contributed by atoms with van der Waals surface area (Å²) in [5, 5.41) is 8.46. The first-order valence-corrected chi connectivity index (χ1v) is 9.64. The number of pyridine rings is 1. The van der Waals surface area contributed by atoms with Crippen LogP contribution in [0.2, 0.25) is 0 Å². The molecule has 0 saturated carbocycles. The predicted molar refractivity (Wildman–Crippen MR) is 116 cm³/mol. The van der Waals surface area contributed by atoms with Gasteiger partial charge in [-0.25, -0.2) is 15.0 Å². The number of anilines is 2. The van der Waals surface area contributed by atoms with Gasteiger partial charge < -0.3 is 14.4 Å². The summed E-state index contributed by atoms with van der Waals surface area (Å²) in [5.41, 5.74) is 5.82. The Bertz CT molecular complexity index is 1320. The first-order valence-electron chi connectivity index (χ1n) is 9.64. The summed E-state index contributed by atoms with van der Waals surface area (Å²) >= 11 is 0. The molecule has 0 aliphatic heterocycles. The van der Waals surface area contributed by atoms with Crippen molar-refractivity contribution in [3.05, 3.63) is 72.5 Å². The Hall–Kier alpha value is -4.00. The van der Waals surface area contributed by atoms with Crippen molar-refractivity contribution in [2.24, 2.45) is 7.05 Å². The van der Waals surface area contributed by atoms with E-state index in [9.17, 15) is 0 Å². The molecule has 0 aliphatic carbocycles. The molecule has 0 aliphatic rings. The van der Waals surface area contributed by atoms with E-state index in [0.29, 0.717) is 5.82 Å². The van der Waals surface area contributed by atoms with Crippen molar-refractivity contribution in [3.8, 4) is 22.5 Å². The van der Waals surface area contributed by atoms with E-state index in [1.807, 2.05) is 38.1 Å². The van der Waals surface area contributed by atoms with Crippen molar-refractivity contribution in [3.63, 3.8) is 0 Å². The Labute approximate surface area is 173 Å². The van der Waals surface area contributed by atoms with Gasteiger partial charge in [0.05, 0.1) is 22.5 Å². The van der Waals surface area contributed by atoms with E-state index in [4.69, 9.17) is 9.51 Å². The average Bonchev–Trinajstić information content (AvgIpc) is 3.28. The van der Waals surface area contributed by atoms with Crippen LogP contribution in [0.25, 0.3) is 33.4 Å². The van der Waals surface area contributed by atoms with E-state index < -0.39 is 0 Å². The number of nitrogens with one attached hydrogen (secondary N) is 1. The van der Waals surface area contributed by atoms with Gasteiger partial charge in [-0.3, -0.25) is 0 Å². The van der Waals surface area contributed by atoms with Crippen LogP contribution < -0.4 is 5.32 Å². The maximum atomic E-state index is 5.39. The third kappa shape index (κ3) is 3.00. The van der Waals surface area contributed by atoms with Gasteiger partial charge in [0, 0.05) is 24.3 Å². The molecule has 0 saturated heterocycles. The zero-order valence-corrected chi connectivity index (χ0v) is 16.9. The number of aromatic nitrogens is 5. The quantitative estimate of drug-likeness (QED) is 0.458. The van der Waals surface area contributed by atoms with Crippen LogP contribution in [0.15, 0.2) is 65.6 Å². The minimum atomic E-state index is 0.680. The Morgan fingerprint density at radius 1 is 1.03 bits per heavy atom. The van der Waals surface area contributed by atoms with E-state index in [2.05, 4.69) is 56.3 Å². The van der Waals surface area contributed by atoms with Crippen LogP contribution in [0.1, 0.15) is 11.5 Å². The minimum Gasteiger partial charge on any atom is -0.361 e. The highest BCUT2D eigenvalue weighted by Gasteiger charge is 2.19. The molecule has 30 heavy (non-hydrogen) atoms. The van der Waals surface area contributed by atoms with Crippen molar-refractivity contribution in [1.29, 1.82) is 0 Å². The smallest absolute Gasteiger partial charge is 0.143 e. The molecule has 148 valence electrons. The molecule has 0 atom stereocenters. The molecule has 5 rings (SSSR count). The molecule has 0 radical (unpaired) electrons. The number of benzene rings is 1. The van der Waals surface area contributed by atoms with E-state index in [1.54, 1.807) is 6.20 Å². The summed E-state index contributed by atoms with van der Waals surface area (Å²) in [6, 6.07) is 16.4. The fraction of sp³-hybridized carbons (Fsp3) is 0.130. The molecule has 4 heterocycles. The van der Waals surface area contributed by atoms with Crippen molar-refractivity contribution < 1.29 is 4.52 Å². The monoisotopic (exact) mass is 396 g/mol. The fourth-order valence-electron chi connectivity index (χ4n) is 3.77. The standard InChI is InChI=1S/C23H20N6O/c1-14-22(15(2)30-28-14)18-12-20-17(23(26-18)27-21-9-10-24-13-25-21)11-19(29(20)3)16-7-5-4-6-8-16/h4-13H,1-3H3,(H,24,25,26,27). The molecule has 0 amide bonds. The van der Waals surface area contributed by atoms with Crippen LogP contribution in [-0.4, -0.2) is 24.7 Å². The molecule has 0 fully saturated rings. The maximum Gasteiger partial charge on any atom is 0.143 e. The number of nitrogens with zero attached hydrogens (tertiary/aromatic N) is 5. The summed E-state index contributed by atoms with van der Waals surface area (Å²) in [4.78, 5) is 13.2. The van der Waals surface area contributed by atoms with Crippen LogP contribution in [0.5, 0.6) is 0 Å². The predicted octanol–water partition coefficient (Wildman–Crippen LogP) is 5.05. The lowest BCUT2D eigenvalue weighted by Crippen LogP contribution is -1.99. The molecule has 5 aromatic rings. The summed E-state index contributed by atoms with van der Waals surface area (Å²) in [5.74, 6) is 2.14. The Morgan fingerprint density at radius 2 is 1.87 bits per heavy atom. The molecule has 0 spiro atoms. The summed E-state index contributed by atoms with van der Waals surface area (Å²) in [7, 11) is 2.07. The van der Waals surface area contributed by atoms with Crippen LogP contribution in [0.3, 0.4) is 0 Å². The molecule has 0 bridgehead atoms. The Morgan fingerprint density at radius 3 is 2.57 bits per heavy atom. The highest BCUT2D eigenvalue weighted by Crippen LogP contribution is 2.36. The first-order chi connectivity index (χ1) is 14.6. The largest absolute Gasteiger partial charge is 0.361 e. The second-order valence-electron chi connectivity index (χ2n) is 7.16. The maximum absolute atomic E-state index is 5.39. The molecular weight excluding hydrogens is 376 g/mol. The van der Waals surface area contributed by atoms with E-state index >= 15 is 0 Å². The molecule has 1 N–H and O–H groups in total. The lowest BCUT2D eigenvalue weighted by atomic mass is 10.1. The molecule has 0 unspecified atom stereocenters. The third-order valence-corrected chi connectivity index (χ3v) is 5.23. The van der Waals surface area contributed by atoms with Gasteiger partial charge in [-0.15, -0.1) is 0 Å². The van der Waals surface area contributed by atoms with Crippen LogP contribution in [0, 0.1) is 13.8 Å². The zero-order valence-electron chi connectivity index (χ0n) is 16.9. The van der Waals surface area contributed by atoms with Gasteiger partial charge >= 0.3 is 0 Å². The van der Waals surface area contributed by atoms with E-state index in [0.717, 1.165) is 50.7 Å². The molecular formula is C23H20N6O. The lowest BCUT2D eigenvalue weighted by Gasteiger charge is -2.10. The Kier molecular flexibility index (Phi) is 4.28. The van der Waals surface area contributed by atoms with Crippen LogP contribution >= 0.6 is 0 Å². The van der Waals surface area contributed by atoms with Gasteiger partial charge in [-0.05, 0) is 37.6 Å². The normalized spacial score (nSPS) is 11.2. The SMILES string of the molecule is Cc1noc(C)c1-c1cc2c(cc(-c3ccccc3)n2C)c(Nc2ccncn2)n1. The van der Waals surface area contributed by atoms with Crippen LogP contribution in [0.4, 0.5) is 11.6 Å². The van der Waals surface area contributed by atoms with Crippen LogP contribution in [-0.2, 0) is 7.05 Å². The number of aryl methyl sites for hydroxylation is 3. The zero-order chi connectivity index (χ0) is 20.7.